The standard InChI is InChI=1S/C16H24N6O/c1-12(2)23-14-7-5-6-13(8-14)9-18-16(17-3)19-10-15-20-11-21-22(15)4/h5-8,11-12H,9-10H2,1-4H3,(H2,17,18,19). The highest BCUT2D eigenvalue weighted by molar-refractivity contribution is 5.79. The van der Waals surface area contributed by atoms with Gasteiger partial charge in [0, 0.05) is 20.6 Å². The van der Waals surface area contributed by atoms with E-state index in [-0.39, 0.29) is 6.10 Å². The molecule has 0 aliphatic heterocycles. The summed E-state index contributed by atoms with van der Waals surface area (Å²) in [5.41, 5.74) is 1.13. The average Bonchev–Trinajstić information content (AvgIpc) is 2.92. The van der Waals surface area contributed by atoms with Gasteiger partial charge in [-0.25, -0.2) is 4.98 Å². The van der Waals surface area contributed by atoms with Crippen LogP contribution in [0.5, 0.6) is 5.75 Å². The minimum absolute atomic E-state index is 0.166. The first-order valence-electron chi connectivity index (χ1n) is 7.61. The molecule has 1 aromatic carbocycles. The molecule has 0 unspecified atom stereocenters. The number of aliphatic imine (C=N–C) groups is 1. The Morgan fingerprint density at radius 1 is 1.30 bits per heavy atom. The lowest BCUT2D eigenvalue weighted by Crippen LogP contribution is -2.36. The Labute approximate surface area is 136 Å². The Hall–Kier alpha value is -2.57. The normalized spacial score (nSPS) is 11.6. The molecule has 0 atom stereocenters. The van der Waals surface area contributed by atoms with E-state index in [9.17, 15) is 0 Å². The van der Waals surface area contributed by atoms with Crippen molar-refractivity contribution in [3.8, 4) is 5.75 Å². The molecule has 2 N–H and O–H groups in total. The van der Waals surface area contributed by atoms with Crippen LogP contribution in [0.15, 0.2) is 35.6 Å². The van der Waals surface area contributed by atoms with Crippen molar-refractivity contribution in [3.05, 3.63) is 42.0 Å². The largest absolute Gasteiger partial charge is 0.491 e. The molecule has 0 amide bonds. The maximum atomic E-state index is 5.71. The van der Waals surface area contributed by atoms with Gasteiger partial charge in [0.25, 0.3) is 0 Å². The first-order chi connectivity index (χ1) is 11.1. The van der Waals surface area contributed by atoms with E-state index in [1.807, 2.05) is 39.1 Å². The summed E-state index contributed by atoms with van der Waals surface area (Å²) in [5, 5.41) is 10.5. The van der Waals surface area contributed by atoms with Crippen LogP contribution >= 0.6 is 0 Å². The van der Waals surface area contributed by atoms with Crippen LogP contribution in [-0.4, -0.2) is 33.9 Å². The summed E-state index contributed by atoms with van der Waals surface area (Å²) in [6.45, 7) is 5.26. The third-order valence-corrected chi connectivity index (χ3v) is 3.17. The molecule has 0 saturated carbocycles. The molecule has 0 saturated heterocycles. The van der Waals surface area contributed by atoms with Gasteiger partial charge in [-0.05, 0) is 31.5 Å². The van der Waals surface area contributed by atoms with Crippen molar-refractivity contribution in [3.63, 3.8) is 0 Å². The summed E-state index contributed by atoms with van der Waals surface area (Å²) in [5.74, 6) is 2.43. The fraction of sp³-hybridized carbons (Fsp3) is 0.438. The van der Waals surface area contributed by atoms with E-state index in [0.29, 0.717) is 19.0 Å². The van der Waals surface area contributed by atoms with Crippen LogP contribution < -0.4 is 15.4 Å². The molecule has 0 spiro atoms. The summed E-state index contributed by atoms with van der Waals surface area (Å²) >= 11 is 0. The topological polar surface area (TPSA) is 76.4 Å². The van der Waals surface area contributed by atoms with Crippen molar-refractivity contribution in [2.24, 2.45) is 12.0 Å². The molecule has 1 aromatic heterocycles. The number of hydrogen-bond acceptors (Lipinski definition) is 4. The highest BCUT2D eigenvalue weighted by atomic mass is 16.5. The second kappa shape index (κ2) is 8.17. The summed E-state index contributed by atoms with van der Waals surface area (Å²) in [7, 11) is 3.60. The molecular weight excluding hydrogens is 292 g/mol. The Morgan fingerprint density at radius 2 is 2.09 bits per heavy atom. The molecule has 7 nitrogen and oxygen atoms in total. The fourth-order valence-corrected chi connectivity index (χ4v) is 2.05. The van der Waals surface area contributed by atoms with Gasteiger partial charge in [0.15, 0.2) is 5.96 Å². The number of aromatic nitrogens is 3. The Balaban J connectivity index is 1.87. The summed E-state index contributed by atoms with van der Waals surface area (Å²) in [6, 6.07) is 8.04. The predicted octanol–water partition coefficient (Wildman–Crippen LogP) is 1.47. The van der Waals surface area contributed by atoms with Gasteiger partial charge in [-0.1, -0.05) is 12.1 Å². The van der Waals surface area contributed by atoms with Gasteiger partial charge in [-0.2, -0.15) is 5.10 Å². The number of benzene rings is 1. The molecule has 1 heterocycles. The van der Waals surface area contributed by atoms with Crippen LogP contribution in [-0.2, 0) is 20.1 Å². The maximum absolute atomic E-state index is 5.71. The number of aryl methyl sites for hydroxylation is 1. The smallest absolute Gasteiger partial charge is 0.191 e. The summed E-state index contributed by atoms with van der Waals surface area (Å²) in [4.78, 5) is 8.38. The highest BCUT2D eigenvalue weighted by Gasteiger charge is 2.04. The van der Waals surface area contributed by atoms with E-state index in [0.717, 1.165) is 17.1 Å². The first-order valence-corrected chi connectivity index (χ1v) is 7.61. The van der Waals surface area contributed by atoms with E-state index in [1.165, 1.54) is 6.33 Å². The van der Waals surface area contributed by atoms with Gasteiger partial charge >= 0.3 is 0 Å². The molecule has 2 rings (SSSR count). The van der Waals surface area contributed by atoms with Crippen LogP contribution in [0.25, 0.3) is 0 Å². The van der Waals surface area contributed by atoms with Gasteiger partial charge < -0.3 is 15.4 Å². The lowest BCUT2D eigenvalue weighted by Gasteiger charge is -2.13. The fourth-order valence-electron chi connectivity index (χ4n) is 2.05. The lowest BCUT2D eigenvalue weighted by atomic mass is 10.2. The third-order valence-electron chi connectivity index (χ3n) is 3.17. The molecule has 0 bridgehead atoms. The Kier molecular flexibility index (Phi) is 5.96. The number of hydrogen-bond donors (Lipinski definition) is 2. The van der Waals surface area contributed by atoms with Crippen LogP contribution in [0.4, 0.5) is 0 Å². The van der Waals surface area contributed by atoms with Gasteiger partial charge in [-0.15, -0.1) is 0 Å². The van der Waals surface area contributed by atoms with E-state index in [4.69, 9.17) is 4.74 Å². The zero-order valence-corrected chi connectivity index (χ0v) is 14.1. The van der Waals surface area contributed by atoms with Crippen LogP contribution in [0.1, 0.15) is 25.2 Å². The zero-order chi connectivity index (χ0) is 16.7. The van der Waals surface area contributed by atoms with Crippen LogP contribution in [0.2, 0.25) is 0 Å². The molecule has 124 valence electrons. The van der Waals surface area contributed by atoms with E-state index in [1.54, 1.807) is 11.7 Å². The molecule has 0 radical (unpaired) electrons. The second-order valence-electron chi connectivity index (χ2n) is 5.39. The molecule has 0 fully saturated rings. The average molecular weight is 316 g/mol. The lowest BCUT2D eigenvalue weighted by molar-refractivity contribution is 0.242. The molecule has 0 aliphatic carbocycles. The Morgan fingerprint density at radius 3 is 2.74 bits per heavy atom. The molecule has 2 aromatic rings. The second-order valence-corrected chi connectivity index (χ2v) is 5.39. The van der Waals surface area contributed by atoms with Crippen molar-refractivity contribution in [1.29, 1.82) is 0 Å². The van der Waals surface area contributed by atoms with Crippen molar-refractivity contribution in [2.45, 2.75) is 33.0 Å². The van der Waals surface area contributed by atoms with Gasteiger partial charge in [0.05, 0.1) is 12.6 Å². The third kappa shape index (κ3) is 5.28. The maximum Gasteiger partial charge on any atom is 0.191 e. The minimum atomic E-state index is 0.166. The predicted molar refractivity (Wildman–Crippen MR) is 90.2 cm³/mol. The molecule has 23 heavy (non-hydrogen) atoms. The summed E-state index contributed by atoms with van der Waals surface area (Å²) < 4.78 is 7.44. The van der Waals surface area contributed by atoms with Gasteiger partial charge in [0.2, 0.25) is 0 Å². The molecular formula is C16H24N6O. The van der Waals surface area contributed by atoms with Crippen molar-refractivity contribution in [2.75, 3.05) is 7.05 Å². The van der Waals surface area contributed by atoms with E-state index >= 15 is 0 Å². The van der Waals surface area contributed by atoms with Crippen LogP contribution in [0.3, 0.4) is 0 Å². The quantitative estimate of drug-likeness (QED) is 0.623. The minimum Gasteiger partial charge on any atom is -0.491 e. The number of ether oxygens (including phenoxy) is 1. The van der Waals surface area contributed by atoms with Crippen molar-refractivity contribution in [1.82, 2.24) is 25.4 Å². The highest BCUT2D eigenvalue weighted by Crippen LogP contribution is 2.14. The number of nitrogens with zero attached hydrogens (tertiary/aromatic N) is 4. The van der Waals surface area contributed by atoms with Crippen LogP contribution in [0, 0.1) is 0 Å². The van der Waals surface area contributed by atoms with E-state index < -0.39 is 0 Å². The van der Waals surface area contributed by atoms with Crippen molar-refractivity contribution >= 4 is 5.96 Å². The zero-order valence-electron chi connectivity index (χ0n) is 14.1. The van der Waals surface area contributed by atoms with Crippen molar-refractivity contribution < 1.29 is 4.74 Å². The molecule has 7 heteroatoms. The van der Waals surface area contributed by atoms with Gasteiger partial charge in [0.1, 0.15) is 17.9 Å². The Bertz CT molecular complexity index is 650. The molecule has 0 aliphatic rings. The van der Waals surface area contributed by atoms with E-state index in [2.05, 4.69) is 31.8 Å². The number of guanidine groups is 1. The number of rotatable bonds is 6. The van der Waals surface area contributed by atoms with Gasteiger partial charge in [-0.3, -0.25) is 9.67 Å². The SMILES string of the molecule is CN=C(NCc1cccc(OC(C)C)c1)NCc1ncnn1C. The summed E-state index contributed by atoms with van der Waals surface area (Å²) in [6.07, 6.45) is 1.70. The number of nitrogens with one attached hydrogen (secondary N) is 2. The monoisotopic (exact) mass is 316 g/mol. The first kappa shape index (κ1) is 16.8.